The van der Waals surface area contributed by atoms with Gasteiger partial charge in [0.05, 0.1) is 142 Å². The van der Waals surface area contributed by atoms with Gasteiger partial charge in [0, 0.05) is 32.8 Å². The lowest BCUT2D eigenvalue weighted by Crippen LogP contribution is -2.00. The van der Waals surface area contributed by atoms with Crippen LogP contribution in [-0.2, 0) is 0 Å². The minimum absolute atomic E-state index is 0.162. The molecular formula is C58H25N11O. The van der Waals surface area contributed by atoms with Crippen molar-refractivity contribution in [2.45, 2.75) is 0 Å². The largest absolute Gasteiger partial charge is 0.455 e. The summed E-state index contributed by atoms with van der Waals surface area (Å²) in [6.07, 6.45) is 0. The molecular weight excluding hydrogens is 867 g/mol. The molecule has 12 rings (SSSR count). The predicted octanol–water partition coefficient (Wildman–Crippen LogP) is 12.5. The van der Waals surface area contributed by atoms with Crippen molar-refractivity contribution in [3.05, 3.63) is 185 Å². The summed E-state index contributed by atoms with van der Waals surface area (Å²) in [4.78, 5) is 20.2. The van der Waals surface area contributed by atoms with Crippen LogP contribution in [0.4, 0.5) is 0 Å². The summed E-state index contributed by atoms with van der Waals surface area (Å²) in [5.74, 6) is 0. The summed E-state index contributed by atoms with van der Waals surface area (Å²) >= 11 is 0. The molecule has 0 saturated carbocycles. The van der Waals surface area contributed by atoms with E-state index in [1.165, 1.54) is 24.3 Å². The standard InChI is InChI=1S/C58H25N11O/c59-26-32-21-34(28-61)54(35(22-32)29-62)47-18-15-43-44(66-47)14-13-42(65-43)41-25-52(69-50-10-4-1-7-38(50)39-8-2-5-11-51(39)69)57-40-9-3-6-12-53(40)70-58(57)56(41)49-20-17-45-46(68-49)16-19-48(67-45)55-36(30-63)23-33(27-60)24-37(55)31-64/h1-25H. The van der Waals surface area contributed by atoms with Crippen molar-refractivity contribution in [2.75, 3.05) is 0 Å². The van der Waals surface area contributed by atoms with Crippen LogP contribution < -0.4 is 0 Å². The normalized spacial score (nSPS) is 11.1. The number of nitriles is 6. The number of hydrogen-bond donors (Lipinski definition) is 0. The third-order valence-corrected chi connectivity index (χ3v) is 12.6. The highest BCUT2D eigenvalue weighted by atomic mass is 16.3. The summed E-state index contributed by atoms with van der Waals surface area (Å²) < 4.78 is 9.23. The molecule has 0 fully saturated rings. The number of nitrogens with zero attached hydrogens (tertiary/aromatic N) is 11. The average Bonchev–Trinajstić information content (AvgIpc) is 3.97. The molecule has 0 aliphatic rings. The zero-order chi connectivity index (χ0) is 47.6. The lowest BCUT2D eigenvalue weighted by Gasteiger charge is -2.17. The van der Waals surface area contributed by atoms with Crippen molar-refractivity contribution in [3.63, 3.8) is 0 Å². The van der Waals surface area contributed by atoms with E-state index < -0.39 is 0 Å². The first-order chi connectivity index (χ1) is 34.4. The van der Waals surface area contributed by atoms with Crippen molar-refractivity contribution >= 4 is 65.8 Å². The Morgan fingerprint density at radius 1 is 0.386 bits per heavy atom. The van der Waals surface area contributed by atoms with Gasteiger partial charge in [-0.25, -0.2) is 19.9 Å². The Kier molecular flexibility index (Phi) is 9.17. The minimum atomic E-state index is 0.162. The van der Waals surface area contributed by atoms with Crippen LogP contribution in [0.25, 0.3) is 117 Å². The van der Waals surface area contributed by atoms with E-state index in [1.54, 1.807) is 24.3 Å². The summed E-state index contributed by atoms with van der Waals surface area (Å²) in [5.41, 5.74) is 11.2. The van der Waals surface area contributed by atoms with Gasteiger partial charge < -0.3 is 8.98 Å². The Morgan fingerprint density at radius 2 is 0.786 bits per heavy atom. The Balaban J connectivity index is 1.12. The molecule has 0 amide bonds. The molecule has 0 bridgehead atoms. The highest BCUT2D eigenvalue weighted by molar-refractivity contribution is 6.19. The summed E-state index contributed by atoms with van der Waals surface area (Å²) in [6.45, 7) is 0. The second-order valence-corrected chi connectivity index (χ2v) is 16.4. The number of hydrogen-bond acceptors (Lipinski definition) is 11. The zero-order valence-corrected chi connectivity index (χ0v) is 36.3. The number of rotatable bonds is 5. The summed E-state index contributed by atoms with van der Waals surface area (Å²) in [7, 11) is 0. The second-order valence-electron chi connectivity index (χ2n) is 16.4. The smallest absolute Gasteiger partial charge is 0.147 e. The topological polar surface area (TPSA) is 212 Å². The van der Waals surface area contributed by atoms with Crippen LogP contribution in [-0.4, -0.2) is 24.5 Å². The Labute approximate surface area is 396 Å². The monoisotopic (exact) mass is 891 g/mol. The fourth-order valence-corrected chi connectivity index (χ4v) is 9.60. The Hall–Kier alpha value is -11.0. The zero-order valence-electron chi connectivity index (χ0n) is 36.3. The van der Waals surface area contributed by atoms with Crippen LogP contribution in [0.2, 0.25) is 0 Å². The van der Waals surface area contributed by atoms with Gasteiger partial charge in [-0.1, -0.05) is 54.6 Å². The van der Waals surface area contributed by atoms with E-state index in [-0.39, 0.29) is 33.4 Å². The number of para-hydroxylation sites is 3. The van der Waals surface area contributed by atoms with Gasteiger partial charge in [-0.15, -0.1) is 0 Å². The predicted molar refractivity (Wildman–Crippen MR) is 264 cm³/mol. The second kappa shape index (κ2) is 15.9. The number of pyridine rings is 4. The van der Waals surface area contributed by atoms with E-state index in [4.69, 9.17) is 24.4 Å². The van der Waals surface area contributed by atoms with Crippen LogP contribution >= 0.6 is 0 Å². The molecule has 0 spiro atoms. The highest BCUT2D eigenvalue weighted by Crippen LogP contribution is 2.47. The van der Waals surface area contributed by atoms with Crippen LogP contribution in [0, 0.1) is 68.0 Å². The van der Waals surface area contributed by atoms with Gasteiger partial charge in [-0.2, -0.15) is 31.6 Å². The van der Waals surface area contributed by atoms with Gasteiger partial charge in [0.15, 0.2) is 0 Å². The van der Waals surface area contributed by atoms with Gasteiger partial charge in [-0.05, 0) is 97.1 Å². The van der Waals surface area contributed by atoms with Crippen LogP contribution in [0.15, 0.2) is 156 Å². The number of fused-ring (bicyclic) bond motifs is 8. The van der Waals surface area contributed by atoms with Gasteiger partial charge >= 0.3 is 0 Å². The maximum atomic E-state index is 10.1. The maximum Gasteiger partial charge on any atom is 0.147 e. The van der Waals surface area contributed by atoms with E-state index in [9.17, 15) is 31.6 Å². The number of furan rings is 1. The molecule has 70 heavy (non-hydrogen) atoms. The molecule has 0 saturated heterocycles. The van der Waals surface area contributed by atoms with Crippen molar-refractivity contribution in [2.24, 2.45) is 0 Å². The van der Waals surface area contributed by atoms with Crippen molar-refractivity contribution in [1.29, 1.82) is 31.6 Å². The van der Waals surface area contributed by atoms with E-state index in [0.29, 0.717) is 78.3 Å². The average molecular weight is 892 g/mol. The van der Waals surface area contributed by atoms with Crippen molar-refractivity contribution in [1.82, 2.24) is 24.5 Å². The summed E-state index contributed by atoms with van der Waals surface area (Å²) in [5, 5.41) is 63.3. The third-order valence-electron chi connectivity index (χ3n) is 12.6. The fraction of sp³-hybridized carbons (Fsp3) is 0. The SMILES string of the molecule is N#Cc1cc(C#N)c(-c2ccc3nc(-c4cc(-n5c6ccccc6c6ccccc65)c5c(oc6ccccc65)c4-c4ccc5nc(-c6c(C#N)cc(C#N)cc6C#N)ccc5n4)ccc3n2)c(C#N)c1. The lowest BCUT2D eigenvalue weighted by molar-refractivity contribution is 0.670. The molecule has 0 N–H and O–H groups in total. The fourth-order valence-electron chi connectivity index (χ4n) is 9.60. The molecule has 6 aromatic carbocycles. The van der Waals surface area contributed by atoms with E-state index in [0.717, 1.165) is 38.3 Å². The number of aromatic nitrogens is 5. The molecule has 6 aromatic heterocycles. The van der Waals surface area contributed by atoms with Gasteiger partial charge in [0.1, 0.15) is 11.2 Å². The molecule has 0 aliphatic heterocycles. The Bertz CT molecular complexity index is 4450. The summed E-state index contributed by atoms with van der Waals surface area (Å²) in [6, 6.07) is 59.5. The van der Waals surface area contributed by atoms with Gasteiger partial charge in [0.25, 0.3) is 0 Å². The van der Waals surface area contributed by atoms with E-state index in [2.05, 4.69) is 65.2 Å². The van der Waals surface area contributed by atoms with Crippen LogP contribution in [0.3, 0.4) is 0 Å². The first-order valence-corrected chi connectivity index (χ1v) is 21.7. The van der Waals surface area contributed by atoms with E-state index >= 15 is 0 Å². The minimum Gasteiger partial charge on any atom is -0.455 e. The maximum absolute atomic E-state index is 10.1. The van der Waals surface area contributed by atoms with E-state index in [1.807, 2.05) is 78.9 Å². The quantitative estimate of drug-likeness (QED) is 0.158. The van der Waals surface area contributed by atoms with Gasteiger partial charge in [-0.3, -0.25) is 0 Å². The molecule has 12 nitrogen and oxygen atoms in total. The van der Waals surface area contributed by atoms with Crippen molar-refractivity contribution in [3.8, 4) is 87.1 Å². The van der Waals surface area contributed by atoms with Gasteiger partial charge in [0.2, 0.25) is 0 Å². The molecule has 0 radical (unpaired) electrons. The Morgan fingerprint density at radius 3 is 1.24 bits per heavy atom. The molecule has 0 aliphatic carbocycles. The van der Waals surface area contributed by atoms with Crippen molar-refractivity contribution < 1.29 is 4.42 Å². The molecule has 318 valence electrons. The molecule has 6 heterocycles. The highest BCUT2D eigenvalue weighted by Gasteiger charge is 2.26. The van der Waals surface area contributed by atoms with Crippen LogP contribution in [0.5, 0.6) is 0 Å². The molecule has 0 unspecified atom stereocenters. The molecule has 12 heteroatoms. The molecule has 12 aromatic rings. The third kappa shape index (κ3) is 6.18. The number of benzene rings is 6. The molecule has 0 atom stereocenters. The lowest BCUT2D eigenvalue weighted by atomic mass is 9.94. The first-order valence-electron chi connectivity index (χ1n) is 21.7. The van der Waals surface area contributed by atoms with Crippen LogP contribution in [0.1, 0.15) is 33.4 Å². The first kappa shape index (κ1) is 40.5.